The number of benzene rings is 1. The molecule has 1 aliphatic rings. The number of nitrogens with zero attached hydrogens (tertiary/aromatic N) is 1. The van der Waals surface area contributed by atoms with Crippen molar-refractivity contribution in [3.05, 3.63) is 51.4 Å². The van der Waals surface area contributed by atoms with E-state index in [-0.39, 0.29) is 29.1 Å². The number of carbonyl (C=O) groups is 2. The van der Waals surface area contributed by atoms with E-state index in [4.69, 9.17) is 4.74 Å². The van der Waals surface area contributed by atoms with Gasteiger partial charge < -0.3 is 15.0 Å². The van der Waals surface area contributed by atoms with Gasteiger partial charge in [0.1, 0.15) is 0 Å². The van der Waals surface area contributed by atoms with Gasteiger partial charge in [-0.3, -0.25) is 9.59 Å². The lowest BCUT2D eigenvalue weighted by Gasteiger charge is -2.08. The fraction of sp³-hybridized carbons (Fsp3) is 0.400. The molecule has 1 heterocycles. The molecule has 1 aromatic carbocycles. The van der Waals surface area contributed by atoms with Crippen LogP contribution in [0.25, 0.3) is 0 Å². The van der Waals surface area contributed by atoms with E-state index >= 15 is 0 Å². The lowest BCUT2D eigenvalue weighted by atomic mass is 10.2. The molecule has 0 unspecified atom stereocenters. The van der Waals surface area contributed by atoms with Gasteiger partial charge in [-0.2, -0.15) is 0 Å². The molecule has 1 amide bonds. The Morgan fingerprint density at radius 1 is 1.25 bits per heavy atom. The van der Waals surface area contributed by atoms with Crippen molar-refractivity contribution in [3.8, 4) is 0 Å². The summed E-state index contributed by atoms with van der Waals surface area (Å²) < 4.78 is 5.17. The smallest absolute Gasteiger partial charge is 0.338 e. The normalized spacial score (nSPS) is 12.7. The van der Waals surface area contributed by atoms with Gasteiger partial charge in [0.2, 0.25) is 5.91 Å². The summed E-state index contributed by atoms with van der Waals surface area (Å²) in [7, 11) is 0. The lowest BCUT2D eigenvalue weighted by molar-refractivity contribution is -0.113. The molecule has 3 rings (SSSR count). The maximum Gasteiger partial charge on any atom is 0.338 e. The largest absolute Gasteiger partial charge is 0.462 e. The van der Waals surface area contributed by atoms with Crippen molar-refractivity contribution >= 4 is 29.3 Å². The van der Waals surface area contributed by atoms with E-state index in [1.165, 1.54) is 11.8 Å². The molecule has 0 radical (unpaired) electrons. The second-order valence-corrected chi connectivity index (χ2v) is 8.02. The molecule has 0 aliphatic heterocycles. The minimum Gasteiger partial charge on any atom is -0.462 e. The first kappa shape index (κ1) is 20.1. The topological polar surface area (TPSA) is 101 Å². The number of aryl methyl sites for hydroxylation is 1. The van der Waals surface area contributed by atoms with Crippen molar-refractivity contribution in [2.45, 2.75) is 38.3 Å². The van der Waals surface area contributed by atoms with Gasteiger partial charge in [0.05, 0.1) is 23.6 Å². The molecule has 1 aliphatic carbocycles. The number of rotatable bonds is 7. The Hall–Kier alpha value is -2.61. The van der Waals surface area contributed by atoms with Gasteiger partial charge >= 0.3 is 5.97 Å². The SMILES string of the molecule is CC(C)COC(=O)c1ccc(NC(=O)CSc2nc3c(c(=O)[nH]2)CCC3)cc1. The zero-order valence-electron chi connectivity index (χ0n) is 15.9. The third kappa shape index (κ3) is 5.22. The molecule has 1 aromatic heterocycles. The highest BCUT2D eigenvalue weighted by atomic mass is 32.2. The zero-order valence-corrected chi connectivity index (χ0v) is 16.7. The van der Waals surface area contributed by atoms with Gasteiger partial charge in [0.15, 0.2) is 5.16 Å². The standard InChI is InChI=1S/C20H23N3O4S/c1-12(2)10-27-19(26)13-6-8-14(9-7-13)21-17(24)11-28-20-22-16-5-3-4-15(16)18(25)23-20/h6-9,12H,3-5,10-11H2,1-2H3,(H,21,24)(H,22,23,25). The Bertz CT molecular complexity index is 922. The van der Waals surface area contributed by atoms with Crippen LogP contribution in [0, 0.1) is 5.92 Å². The van der Waals surface area contributed by atoms with E-state index in [0.717, 1.165) is 30.5 Å². The first-order valence-electron chi connectivity index (χ1n) is 9.24. The number of hydrogen-bond acceptors (Lipinski definition) is 6. The van der Waals surface area contributed by atoms with E-state index in [9.17, 15) is 14.4 Å². The molecule has 0 saturated carbocycles. The molecule has 0 atom stereocenters. The molecule has 28 heavy (non-hydrogen) atoms. The van der Waals surface area contributed by atoms with Crippen LogP contribution >= 0.6 is 11.8 Å². The minimum absolute atomic E-state index is 0.106. The number of thioether (sulfide) groups is 1. The maximum atomic E-state index is 12.2. The van der Waals surface area contributed by atoms with Crippen LogP contribution in [-0.2, 0) is 22.4 Å². The van der Waals surface area contributed by atoms with Gasteiger partial charge in [0, 0.05) is 11.3 Å². The Morgan fingerprint density at radius 2 is 2.00 bits per heavy atom. The summed E-state index contributed by atoms with van der Waals surface area (Å²) >= 11 is 1.19. The Morgan fingerprint density at radius 3 is 2.71 bits per heavy atom. The first-order valence-corrected chi connectivity index (χ1v) is 10.2. The number of anilines is 1. The number of nitrogens with one attached hydrogen (secondary N) is 2. The molecule has 8 heteroatoms. The molecule has 0 saturated heterocycles. The highest BCUT2D eigenvalue weighted by molar-refractivity contribution is 7.99. The third-order valence-electron chi connectivity index (χ3n) is 4.21. The van der Waals surface area contributed by atoms with Crippen molar-refractivity contribution in [2.24, 2.45) is 5.92 Å². The van der Waals surface area contributed by atoms with E-state index in [1.54, 1.807) is 24.3 Å². The molecule has 0 bridgehead atoms. The van der Waals surface area contributed by atoms with Crippen LogP contribution < -0.4 is 10.9 Å². The summed E-state index contributed by atoms with van der Waals surface area (Å²) in [5.74, 6) is -0.202. The number of aromatic amines is 1. The first-order chi connectivity index (χ1) is 13.4. The molecular weight excluding hydrogens is 378 g/mol. The number of esters is 1. The van der Waals surface area contributed by atoms with Crippen molar-refractivity contribution in [2.75, 3.05) is 17.7 Å². The average Bonchev–Trinajstić information content (AvgIpc) is 3.14. The molecule has 0 fully saturated rings. The second-order valence-electron chi connectivity index (χ2n) is 7.06. The van der Waals surface area contributed by atoms with Crippen molar-refractivity contribution < 1.29 is 14.3 Å². The maximum absolute atomic E-state index is 12.2. The fourth-order valence-corrected chi connectivity index (χ4v) is 3.51. The summed E-state index contributed by atoms with van der Waals surface area (Å²) in [6.45, 7) is 4.31. The summed E-state index contributed by atoms with van der Waals surface area (Å²) in [4.78, 5) is 43.2. The predicted octanol–water partition coefficient (Wildman–Crippen LogP) is 2.80. The van der Waals surface area contributed by atoms with E-state index in [0.29, 0.717) is 23.0 Å². The number of amides is 1. The molecule has 148 valence electrons. The lowest BCUT2D eigenvalue weighted by Crippen LogP contribution is -2.17. The third-order valence-corrected chi connectivity index (χ3v) is 5.09. The summed E-state index contributed by atoms with van der Waals surface area (Å²) in [5, 5.41) is 3.23. The van der Waals surface area contributed by atoms with Gasteiger partial charge in [-0.05, 0) is 49.4 Å². The molecule has 7 nitrogen and oxygen atoms in total. The van der Waals surface area contributed by atoms with Gasteiger partial charge in [-0.1, -0.05) is 25.6 Å². The predicted molar refractivity (Wildman–Crippen MR) is 108 cm³/mol. The van der Waals surface area contributed by atoms with Crippen LogP contribution in [0.1, 0.15) is 41.9 Å². The Kier molecular flexibility index (Phi) is 6.51. The minimum atomic E-state index is -0.381. The summed E-state index contributed by atoms with van der Waals surface area (Å²) in [6.07, 6.45) is 2.52. The van der Waals surface area contributed by atoms with Crippen LogP contribution in [-0.4, -0.2) is 34.2 Å². The van der Waals surface area contributed by atoms with E-state index in [1.807, 2.05) is 13.8 Å². The van der Waals surface area contributed by atoms with Crippen LogP contribution in [0.2, 0.25) is 0 Å². The van der Waals surface area contributed by atoms with Crippen LogP contribution in [0.3, 0.4) is 0 Å². The number of carbonyl (C=O) groups excluding carboxylic acids is 2. The van der Waals surface area contributed by atoms with E-state index in [2.05, 4.69) is 15.3 Å². The number of fused-ring (bicyclic) bond motifs is 1. The average molecular weight is 401 g/mol. The van der Waals surface area contributed by atoms with Crippen LogP contribution in [0.15, 0.2) is 34.2 Å². The number of ether oxygens (including phenoxy) is 1. The zero-order chi connectivity index (χ0) is 20.1. The number of H-pyrrole nitrogens is 1. The monoisotopic (exact) mass is 401 g/mol. The highest BCUT2D eigenvalue weighted by Crippen LogP contribution is 2.20. The van der Waals surface area contributed by atoms with Gasteiger partial charge in [-0.15, -0.1) is 0 Å². The molecule has 2 aromatic rings. The van der Waals surface area contributed by atoms with Crippen LogP contribution in [0.5, 0.6) is 0 Å². The number of aromatic nitrogens is 2. The van der Waals surface area contributed by atoms with Crippen LogP contribution in [0.4, 0.5) is 5.69 Å². The molecule has 0 spiro atoms. The van der Waals surface area contributed by atoms with Crippen molar-refractivity contribution in [3.63, 3.8) is 0 Å². The van der Waals surface area contributed by atoms with Gasteiger partial charge in [-0.25, -0.2) is 9.78 Å². The quantitative estimate of drug-likeness (QED) is 0.420. The highest BCUT2D eigenvalue weighted by Gasteiger charge is 2.17. The summed E-state index contributed by atoms with van der Waals surface area (Å²) in [5.41, 5.74) is 2.52. The summed E-state index contributed by atoms with van der Waals surface area (Å²) in [6, 6.07) is 6.55. The van der Waals surface area contributed by atoms with E-state index < -0.39 is 0 Å². The Balaban J connectivity index is 1.52. The molecular formula is C20H23N3O4S. The van der Waals surface area contributed by atoms with Crippen molar-refractivity contribution in [1.82, 2.24) is 9.97 Å². The Labute approximate surface area is 167 Å². The van der Waals surface area contributed by atoms with Crippen molar-refractivity contribution in [1.29, 1.82) is 0 Å². The second kappa shape index (κ2) is 9.05. The fourth-order valence-electron chi connectivity index (χ4n) is 2.83. The molecule has 2 N–H and O–H groups in total. The number of hydrogen-bond donors (Lipinski definition) is 2. The van der Waals surface area contributed by atoms with Gasteiger partial charge in [0.25, 0.3) is 5.56 Å².